The van der Waals surface area contributed by atoms with E-state index in [4.69, 9.17) is 5.14 Å². The standard InChI is InChI=1S/C14H11Br2FN2O3S/c15-9-3-8(4-10(17)5-9)7-19-14(20)12-6-11(23(18,21)22)1-2-13(12)16/h1-6H,7H2,(H,19,20)(H2,18,21,22). The molecule has 23 heavy (non-hydrogen) atoms. The maximum Gasteiger partial charge on any atom is 0.252 e. The lowest BCUT2D eigenvalue weighted by Crippen LogP contribution is -2.24. The Labute approximate surface area is 149 Å². The first-order chi connectivity index (χ1) is 10.7. The largest absolute Gasteiger partial charge is 0.348 e. The van der Waals surface area contributed by atoms with Crippen molar-refractivity contribution in [1.82, 2.24) is 5.32 Å². The Morgan fingerprint density at radius 1 is 1.17 bits per heavy atom. The molecule has 0 aromatic heterocycles. The van der Waals surface area contributed by atoms with E-state index < -0.39 is 21.7 Å². The Kier molecular flexibility index (Phi) is 5.56. The molecule has 0 aliphatic rings. The molecule has 0 bridgehead atoms. The van der Waals surface area contributed by atoms with Gasteiger partial charge in [-0.05, 0) is 57.9 Å². The second-order valence-corrected chi connectivity index (χ2v) is 7.98. The van der Waals surface area contributed by atoms with Crippen LogP contribution in [0, 0.1) is 5.82 Å². The zero-order chi connectivity index (χ0) is 17.2. The molecular formula is C14H11Br2FN2O3S. The van der Waals surface area contributed by atoms with E-state index in [-0.39, 0.29) is 17.0 Å². The molecule has 9 heteroatoms. The van der Waals surface area contributed by atoms with Gasteiger partial charge in [0.15, 0.2) is 0 Å². The van der Waals surface area contributed by atoms with Crippen LogP contribution in [0.25, 0.3) is 0 Å². The van der Waals surface area contributed by atoms with E-state index >= 15 is 0 Å². The number of primary sulfonamides is 1. The highest BCUT2D eigenvalue weighted by molar-refractivity contribution is 9.10. The number of carbonyl (C=O) groups is 1. The Balaban J connectivity index is 2.21. The second-order valence-electron chi connectivity index (χ2n) is 4.65. The number of amides is 1. The summed E-state index contributed by atoms with van der Waals surface area (Å²) in [4.78, 5) is 12.0. The monoisotopic (exact) mass is 464 g/mol. The van der Waals surface area contributed by atoms with Crippen LogP contribution in [0.5, 0.6) is 0 Å². The summed E-state index contributed by atoms with van der Waals surface area (Å²) >= 11 is 6.35. The summed E-state index contributed by atoms with van der Waals surface area (Å²) in [6.45, 7) is 0.0846. The summed E-state index contributed by atoms with van der Waals surface area (Å²) in [5, 5.41) is 7.65. The third-order valence-corrected chi connectivity index (χ3v) is 4.95. The lowest BCUT2D eigenvalue weighted by Gasteiger charge is -2.09. The number of carbonyl (C=O) groups excluding carboxylic acids is 1. The second kappa shape index (κ2) is 7.08. The Morgan fingerprint density at radius 3 is 2.48 bits per heavy atom. The summed E-state index contributed by atoms with van der Waals surface area (Å²) in [6, 6.07) is 8.15. The first-order valence-corrected chi connectivity index (χ1v) is 9.35. The van der Waals surface area contributed by atoms with Crippen molar-refractivity contribution in [3.8, 4) is 0 Å². The SMILES string of the molecule is NS(=O)(=O)c1ccc(Br)c(C(=O)NCc2cc(F)cc(Br)c2)c1. The van der Waals surface area contributed by atoms with Crippen LogP contribution in [-0.4, -0.2) is 14.3 Å². The third-order valence-electron chi connectivity index (χ3n) is 2.89. The molecular weight excluding hydrogens is 455 g/mol. The minimum absolute atomic E-state index is 0.0846. The molecule has 2 aromatic carbocycles. The molecule has 0 fully saturated rings. The predicted octanol–water partition coefficient (Wildman–Crippen LogP) is 2.93. The molecule has 0 heterocycles. The van der Waals surface area contributed by atoms with Crippen molar-refractivity contribution >= 4 is 47.8 Å². The van der Waals surface area contributed by atoms with Gasteiger partial charge in [0.2, 0.25) is 10.0 Å². The molecule has 3 N–H and O–H groups in total. The number of nitrogens with two attached hydrogens (primary N) is 1. The molecule has 0 saturated heterocycles. The normalized spacial score (nSPS) is 11.3. The van der Waals surface area contributed by atoms with Gasteiger partial charge >= 0.3 is 0 Å². The number of halogens is 3. The summed E-state index contributed by atoms with van der Waals surface area (Å²) in [5.41, 5.74) is 0.677. The molecule has 5 nitrogen and oxygen atoms in total. The fourth-order valence-electron chi connectivity index (χ4n) is 1.85. The predicted molar refractivity (Wildman–Crippen MR) is 90.8 cm³/mol. The van der Waals surface area contributed by atoms with Crippen molar-refractivity contribution in [3.63, 3.8) is 0 Å². The molecule has 0 saturated carbocycles. The topological polar surface area (TPSA) is 89.3 Å². The minimum Gasteiger partial charge on any atom is -0.348 e. The zero-order valence-electron chi connectivity index (χ0n) is 11.5. The molecule has 1 amide bonds. The van der Waals surface area contributed by atoms with Crippen molar-refractivity contribution in [1.29, 1.82) is 0 Å². The molecule has 0 aliphatic carbocycles. The van der Waals surface area contributed by atoms with Crippen LogP contribution in [0.1, 0.15) is 15.9 Å². The van der Waals surface area contributed by atoms with Gasteiger partial charge in [0, 0.05) is 15.5 Å². The first kappa shape index (κ1) is 18.1. The van der Waals surface area contributed by atoms with Crippen LogP contribution in [0.15, 0.2) is 50.2 Å². The third kappa shape index (κ3) is 4.84. The molecule has 122 valence electrons. The van der Waals surface area contributed by atoms with Crippen LogP contribution in [0.2, 0.25) is 0 Å². The highest BCUT2D eigenvalue weighted by Crippen LogP contribution is 2.21. The Morgan fingerprint density at radius 2 is 1.87 bits per heavy atom. The van der Waals surface area contributed by atoms with Crippen molar-refractivity contribution in [2.24, 2.45) is 5.14 Å². The fourth-order valence-corrected chi connectivity index (χ4v) is 3.33. The van der Waals surface area contributed by atoms with Crippen LogP contribution in [0.3, 0.4) is 0 Å². The lowest BCUT2D eigenvalue weighted by molar-refractivity contribution is 0.0950. The number of benzene rings is 2. The molecule has 0 unspecified atom stereocenters. The fraction of sp³-hybridized carbons (Fsp3) is 0.0714. The average Bonchev–Trinajstić information content (AvgIpc) is 2.43. The molecule has 0 radical (unpaired) electrons. The van der Waals surface area contributed by atoms with Crippen molar-refractivity contribution < 1.29 is 17.6 Å². The number of hydrogen-bond donors (Lipinski definition) is 2. The molecule has 0 aliphatic heterocycles. The van der Waals surface area contributed by atoms with Crippen molar-refractivity contribution in [2.75, 3.05) is 0 Å². The number of rotatable bonds is 4. The van der Waals surface area contributed by atoms with Gasteiger partial charge < -0.3 is 5.32 Å². The lowest BCUT2D eigenvalue weighted by atomic mass is 10.2. The van der Waals surface area contributed by atoms with Crippen molar-refractivity contribution in [3.05, 3.63) is 62.3 Å². The van der Waals surface area contributed by atoms with Gasteiger partial charge in [-0.2, -0.15) is 0 Å². The molecule has 0 atom stereocenters. The van der Waals surface area contributed by atoms with Gasteiger partial charge in [-0.3, -0.25) is 4.79 Å². The van der Waals surface area contributed by atoms with E-state index in [1.807, 2.05) is 0 Å². The molecule has 0 spiro atoms. The van der Waals surface area contributed by atoms with Gasteiger partial charge in [0.1, 0.15) is 5.82 Å². The summed E-state index contributed by atoms with van der Waals surface area (Å²) in [7, 11) is -3.91. The maximum absolute atomic E-state index is 13.3. The molecule has 2 rings (SSSR count). The van der Waals surface area contributed by atoms with Crippen molar-refractivity contribution in [2.45, 2.75) is 11.4 Å². The Hall–Kier alpha value is -1.29. The number of nitrogens with one attached hydrogen (secondary N) is 1. The van der Waals surface area contributed by atoms with Crippen LogP contribution < -0.4 is 10.5 Å². The van der Waals surface area contributed by atoms with Crippen LogP contribution in [0.4, 0.5) is 4.39 Å². The highest BCUT2D eigenvalue weighted by Gasteiger charge is 2.15. The maximum atomic E-state index is 13.3. The van der Waals surface area contributed by atoms with Gasteiger partial charge in [0.05, 0.1) is 10.5 Å². The van der Waals surface area contributed by atoms with E-state index in [0.717, 1.165) is 0 Å². The van der Waals surface area contributed by atoms with Gasteiger partial charge in [0.25, 0.3) is 5.91 Å². The van der Waals surface area contributed by atoms with E-state index in [2.05, 4.69) is 37.2 Å². The Bertz CT molecular complexity index is 852. The van der Waals surface area contributed by atoms with Gasteiger partial charge in [-0.15, -0.1) is 0 Å². The molecule has 2 aromatic rings. The van der Waals surface area contributed by atoms with E-state index in [1.54, 1.807) is 6.07 Å². The average molecular weight is 466 g/mol. The summed E-state index contributed by atoms with van der Waals surface area (Å²) in [5.74, 6) is -0.941. The van der Waals surface area contributed by atoms with E-state index in [9.17, 15) is 17.6 Å². The summed E-state index contributed by atoms with van der Waals surface area (Å²) < 4.78 is 37.0. The van der Waals surface area contributed by atoms with Gasteiger partial charge in [-0.25, -0.2) is 17.9 Å². The first-order valence-electron chi connectivity index (χ1n) is 6.22. The number of hydrogen-bond acceptors (Lipinski definition) is 3. The van der Waals surface area contributed by atoms with Crippen LogP contribution in [-0.2, 0) is 16.6 Å². The van der Waals surface area contributed by atoms with E-state index in [0.29, 0.717) is 14.5 Å². The highest BCUT2D eigenvalue weighted by atomic mass is 79.9. The summed E-state index contributed by atoms with van der Waals surface area (Å²) in [6.07, 6.45) is 0. The minimum atomic E-state index is -3.91. The van der Waals surface area contributed by atoms with E-state index in [1.165, 1.54) is 30.3 Å². The van der Waals surface area contributed by atoms with Crippen LogP contribution >= 0.6 is 31.9 Å². The zero-order valence-corrected chi connectivity index (χ0v) is 15.5. The smallest absolute Gasteiger partial charge is 0.252 e. The quantitative estimate of drug-likeness (QED) is 0.727. The number of sulfonamides is 1. The van der Waals surface area contributed by atoms with Gasteiger partial charge in [-0.1, -0.05) is 15.9 Å².